The highest BCUT2D eigenvalue weighted by molar-refractivity contribution is 6.31. The van der Waals surface area contributed by atoms with Crippen molar-refractivity contribution in [3.05, 3.63) is 63.9 Å². The van der Waals surface area contributed by atoms with Crippen molar-refractivity contribution >= 4 is 39.6 Å². The zero-order valence-electron chi connectivity index (χ0n) is 15.6. The topological polar surface area (TPSA) is 84.1 Å². The number of oxazole rings is 1. The van der Waals surface area contributed by atoms with Crippen molar-refractivity contribution in [2.75, 3.05) is 6.54 Å². The first-order valence-corrected chi connectivity index (χ1v) is 10.0. The summed E-state index contributed by atoms with van der Waals surface area (Å²) < 4.78 is 6.73. The van der Waals surface area contributed by atoms with Crippen molar-refractivity contribution in [1.82, 2.24) is 19.4 Å². The Kier molecular flexibility index (Phi) is 4.39. The van der Waals surface area contributed by atoms with Crippen molar-refractivity contribution in [2.24, 2.45) is 0 Å². The number of aromatic nitrogens is 3. The molecule has 1 atom stereocenters. The average Bonchev–Trinajstić information content (AvgIpc) is 3.41. The Bertz CT molecular complexity index is 1240. The Labute approximate surface area is 170 Å². The Balaban J connectivity index is 1.35. The summed E-state index contributed by atoms with van der Waals surface area (Å²) in [6, 6.07) is 12.8. The fourth-order valence-corrected chi connectivity index (χ4v) is 4.24. The van der Waals surface area contributed by atoms with Crippen molar-refractivity contribution in [3.8, 4) is 0 Å². The van der Waals surface area contributed by atoms with Gasteiger partial charge in [-0.15, -0.1) is 0 Å². The summed E-state index contributed by atoms with van der Waals surface area (Å²) >= 11 is 5.96. The number of hydrogen-bond acceptors (Lipinski definition) is 4. The number of halogens is 1. The van der Waals surface area contributed by atoms with E-state index < -0.39 is 5.76 Å². The molecule has 2 aromatic heterocycles. The number of carbonyl (C=O) groups excluding carboxylic acids is 1. The summed E-state index contributed by atoms with van der Waals surface area (Å²) in [6.07, 6.45) is 2.02. The Morgan fingerprint density at radius 3 is 3.00 bits per heavy atom. The molecule has 148 valence electrons. The molecular formula is C21H19ClN4O3. The molecule has 29 heavy (non-hydrogen) atoms. The van der Waals surface area contributed by atoms with Gasteiger partial charge in [0.05, 0.1) is 22.6 Å². The van der Waals surface area contributed by atoms with Crippen LogP contribution in [-0.2, 0) is 11.3 Å². The molecule has 1 N–H and O–H groups in total. The molecule has 5 rings (SSSR count). The summed E-state index contributed by atoms with van der Waals surface area (Å²) in [6.45, 7) is 0.951. The molecule has 0 bridgehead atoms. The molecule has 1 saturated heterocycles. The zero-order valence-corrected chi connectivity index (χ0v) is 16.4. The first kappa shape index (κ1) is 18.0. The summed E-state index contributed by atoms with van der Waals surface area (Å²) in [5.74, 6) is 0.339. The van der Waals surface area contributed by atoms with Crippen LogP contribution in [0.1, 0.15) is 31.1 Å². The van der Waals surface area contributed by atoms with E-state index in [2.05, 4.69) is 9.97 Å². The van der Waals surface area contributed by atoms with E-state index in [0.717, 1.165) is 29.7 Å². The Hall–Kier alpha value is -3.06. The van der Waals surface area contributed by atoms with E-state index in [4.69, 9.17) is 16.0 Å². The van der Waals surface area contributed by atoms with Gasteiger partial charge < -0.3 is 14.3 Å². The van der Waals surface area contributed by atoms with E-state index in [1.54, 1.807) is 18.2 Å². The highest BCUT2D eigenvalue weighted by Crippen LogP contribution is 2.32. The molecule has 0 spiro atoms. The second-order valence-electron chi connectivity index (χ2n) is 7.27. The van der Waals surface area contributed by atoms with E-state index in [1.165, 1.54) is 4.57 Å². The number of carbonyl (C=O) groups is 1. The smallest absolute Gasteiger partial charge is 0.408 e. The van der Waals surface area contributed by atoms with Crippen LogP contribution < -0.4 is 5.76 Å². The van der Waals surface area contributed by atoms with Crippen LogP contribution in [0.2, 0.25) is 5.02 Å². The van der Waals surface area contributed by atoms with Crippen molar-refractivity contribution in [1.29, 1.82) is 0 Å². The van der Waals surface area contributed by atoms with Gasteiger partial charge in [0.15, 0.2) is 5.58 Å². The average molecular weight is 411 g/mol. The van der Waals surface area contributed by atoms with E-state index in [-0.39, 0.29) is 24.9 Å². The summed E-state index contributed by atoms with van der Waals surface area (Å²) in [7, 11) is 0. The predicted molar refractivity (Wildman–Crippen MR) is 110 cm³/mol. The van der Waals surface area contributed by atoms with Crippen LogP contribution in [0.4, 0.5) is 0 Å². The van der Waals surface area contributed by atoms with E-state index in [0.29, 0.717) is 22.7 Å². The number of benzene rings is 2. The molecule has 1 amide bonds. The minimum Gasteiger partial charge on any atom is -0.408 e. The van der Waals surface area contributed by atoms with E-state index in [9.17, 15) is 9.59 Å². The number of nitrogens with one attached hydrogen (secondary N) is 1. The maximum atomic E-state index is 13.0. The molecule has 0 unspecified atom stereocenters. The minimum absolute atomic E-state index is 0.00293. The van der Waals surface area contributed by atoms with Gasteiger partial charge >= 0.3 is 5.76 Å². The molecule has 1 aliphatic heterocycles. The second kappa shape index (κ2) is 7.08. The highest BCUT2D eigenvalue weighted by atomic mass is 35.5. The number of amides is 1. The SMILES string of the molecule is O=C(CCn1c(=O)oc2cc(Cl)ccc21)N1CCC[C@H]1c1nc2ccccc2[nH]1. The largest absolute Gasteiger partial charge is 0.419 e. The number of aryl methyl sites for hydroxylation is 1. The Morgan fingerprint density at radius 1 is 1.28 bits per heavy atom. The molecule has 1 aliphatic rings. The monoisotopic (exact) mass is 410 g/mol. The number of rotatable bonds is 4. The lowest BCUT2D eigenvalue weighted by atomic mass is 10.2. The van der Waals surface area contributed by atoms with Crippen LogP contribution in [0.15, 0.2) is 51.7 Å². The molecule has 0 radical (unpaired) electrons. The van der Waals surface area contributed by atoms with Crippen molar-refractivity contribution < 1.29 is 9.21 Å². The number of H-pyrrole nitrogens is 1. The van der Waals surface area contributed by atoms with Gasteiger partial charge in [-0.05, 0) is 37.1 Å². The molecule has 0 saturated carbocycles. The normalized spacial score (nSPS) is 16.9. The standard InChI is InChI=1S/C21H19ClN4O3/c22-13-7-8-16-18(12-13)29-21(28)26(16)11-9-19(27)25-10-3-6-17(25)20-23-14-4-1-2-5-15(14)24-20/h1-2,4-5,7-8,12,17H,3,6,9-11H2,(H,23,24)/t17-/m0/s1. The first-order chi connectivity index (χ1) is 14.1. The fourth-order valence-electron chi connectivity index (χ4n) is 4.08. The molecular weight excluding hydrogens is 392 g/mol. The highest BCUT2D eigenvalue weighted by Gasteiger charge is 2.32. The molecule has 4 aromatic rings. The van der Waals surface area contributed by atoms with Crippen LogP contribution in [0.25, 0.3) is 22.1 Å². The van der Waals surface area contributed by atoms with Gasteiger partial charge in [-0.2, -0.15) is 0 Å². The number of aromatic amines is 1. The lowest BCUT2D eigenvalue weighted by Crippen LogP contribution is -2.32. The third kappa shape index (κ3) is 3.21. The van der Waals surface area contributed by atoms with E-state index >= 15 is 0 Å². The minimum atomic E-state index is -0.481. The van der Waals surface area contributed by atoms with Crippen LogP contribution in [0.3, 0.4) is 0 Å². The second-order valence-corrected chi connectivity index (χ2v) is 7.70. The van der Waals surface area contributed by atoms with Crippen LogP contribution in [-0.4, -0.2) is 31.9 Å². The molecule has 8 heteroatoms. The molecule has 3 heterocycles. The van der Waals surface area contributed by atoms with Crippen LogP contribution in [0, 0.1) is 0 Å². The lowest BCUT2D eigenvalue weighted by Gasteiger charge is -2.23. The van der Waals surface area contributed by atoms with Gasteiger partial charge in [-0.1, -0.05) is 23.7 Å². The van der Waals surface area contributed by atoms with Crippen molar-refractivity contribution in [2.45, 2.75) is 31.8 Å². The zero-order chi connectivity index (χ0) is 20.0. The number of hydrogen-bond donors (Lipinski definition) is 1. The molecule has 0 aliphatic carbocycles. The summed E-state index contributed by atoms with van der Waals surface area (Å²) in [5.41, 5.74) is 2.94. The van der Waals surface area contributed by atoms with Crippen LogP contribution >= 0.6 is 11.6 Å². The third-order valence-corrected chi connectivity index (χ3v) is 5.71. The number of para-hydroxylation sites is 2. The van der Waals surface area contributed by atoms with E-state index in [1.807, 2.05) is 29.2 Å². The molecule has 7 nitrogen and oxygen atoms in total. The van der Waals surface area contributed by atoms with Gasteiger partial charge in [0.25, 0.3) is 0 Å². The number of imidazole rings is 1. The fraction of sp³-hybridized carbons (Fsp3) is 0.286. The summed E-state index contributed by atoms with van der Waals surface area (Å²) in [5, 5.41) is 0.500. The number of fused-ring (bicyclic) bond motifs is 2. The first-order valence-electron chi connectivity index (χ1n) is 9.63. The van der Waals surface area contributed by atoms with Gasteiger partial charge in [0, 0.05) is 30.6 Å². The van der Waals surface area contributed by atoms with Gasteiger partial charge in [0.2, 0.25) is 5.91 Å². The van der Waals surface area contributed by atoms with Gasteiger partial charge in [0.1, 0.15) is 5.82 Å². The van der Waals surface area contributed by atoms with Gasteiger partial charge in [-0.25, -0.2) is 9.78 Å². The van der Waals surface area contributed by atoms with Crippen molar-refractivity contribution in [3.63, 3.8) is 0 Å². The maximum Gasteiger partial charge on any atom is 0.419 e. The van der Waals surface area contributed by atoms with Crippen LogP contribution in [0.5, 0.6) is 0 Å². The van der Waals surface area contributed by atoms with Gasteiger partial charge in [-0.3, -0.25) is 9.36 Å². The maximum absolute atomic E-state index is 13.0. The number of likely N-dealkylation sites (tertiary alicyclic amines) is 1. The lowest BCUT2D eigenvalue weighted by molar-refractivity contribution is -0.132. The molecule has 2 aromatic carbocycles. The summed E-state index contributed by atoms with van der Waals surface area (Å²) in [4.78, 5) is 35.0. The Morgan fingerprint density at radius 2 is 2.14 bits per heavy atom. The predicted octanol–water partition coefficient (Wildman–Crippen LogP) is 3.88. The molecule has 1 fully saturated rings. The quantitative estimate of drug-likeness (QED) is 0.553. The number of nitrogens with zero attached hydrogens (tertiary/aromatic N) is 3. The third-order valence-electron chi connectivity index (χ3n) is 5.48.